The van der Waals surface area contributed by atoms with Crippen LogP contribution in [0.25, 0.3) is 0 Å². The van der Waals surface area contributed by atoms with Crippen LogP contribution in [0.5, 0.6) is 0 Å². The highest BCUT2D eigenvalue weighted by molar-refractivity contribution is 5.83. The van der Waals surface area contributed by atoms with E-state index in [9.17, 15) is 4.79 Å². The van der Waals surface area contributed by atoms with Crippen LogP contribution in [0.2, 0.25) is 0 Å². The lowest BCUT2D eigenvalue weighted by atomic mass is 9.61. The van der Waals surface area contributed by atoms with Crippen molar-refractivity contribution in [3.63, 3.8) is 0 Å². The molecule has 0 bridgehead atoms. The van der Waals surface area contributed by atoms with E-state index < -0.39 is 0 Å². The highest BCUT2D eigenvalue weighted by atomic mass is 16.5. The smallest absolute Gasteiger partial charge is 0.227 e. The Morgan fingerprint density at radius 1 is 1.31 bits per heavy atom. The van der Waals surface area contributed by atoms with Gasteiger partial charge in [-0.05, 0) is 51.1 Å². The molecule has 2 N–H and O–H groups in total. The van der Waals surface area contributed by atoms with Gasteiger partial charge in [0.05, 0.1) is 18.6 Å². The third kappa shape index (κ3) is 4.62. The molecule has 9 heteroatoms. The second-order valence-corrected chi connectivity index (χ2v) is 8.77. The molecule has 0 unspecified atom stereocenters. The molecular formula is C20H35N7O2. The molecule has 3 atom stereocenters. The number of hydrogen-bond donors (Lipinski definition) is 2. The molecule has 3 fully saturated rings. The van der Waals surface area contributed by atoms with Crippen LogP contribution in [0, 0.1) is 11.3 Å². The molecule has 29 heavy (non-hydrogen) atoms. The summed E-state index contributed by atoms with van der Waals surface area (Å²) in [7, 11) is 0. The van der Waals surface area contributed by atoms with E-state index >= 15 is 0 Å². The van der Waals surface area contributed by atoms with Crippen LogP contribution < -0.4 is 5.32 Å². The van der Waals surface area contributed by atoms with Gasteiger partial charge in [-0.2, -0.15) is 5.21 Å². The number of amides is 1. The zero-order valence-corrected chi connectivity index (χ0v) is 17.6. The molecule has 4 rings (SSSR count). The van der Waals surface area contributed by atoms with E-state index in [2.05, 4.69) is 42.7 Å². The van der Waals surface area contributed by atoms with Crippen molar-refractivity contribution in [3.8, 4) is 0 Å². The minimum absolute atomic E-state index is 0.233. The number of nitrogens with zero attached hydrogens (tertiary/aromatic N) is 5. The van der Waals surface area contributed by atoms with Crippen molar-refractivity contribution in [2.45, 2.75) is 51.5 Å². The van der Waals surface area contributed by atoms with Crippen LogP contribution in [0.4, 0.5) is 0 Å². The molecular weight excluding hydrogens is 370 g/mol. The van der Waals surface area contributed by atoms with Gasteiger partial charge < -0.3 is 15.0 Å². The quantitative estimate of drug-likeness (QED) is 0.636. The van der Waals surface area contributed by atoms with Crippen LogP contribution in [0.3, 0.4) is 0 Å². The summed E-state index contributed by atoms with van der Waals surface area (Å²) < 4.78 is 5.54. The Morgan fingerprint density at radius 2 is 2.17 bits per heavy atom. The van der Waals surface area contributed by atoms with E-state index in [1.807, 2.05) is 0 Å². The van der Waals surface area contributed by atoms with E-state index in [1.165, 1.54) is 0 Å². The van der Waals surface area contributed by atoms with Crippen molar-refractivity contribution in [1.29, 1.82) is 0 Å². The van der Waals surface area contributed by atoms with Gasteiger partial charge in [-0.25, -0.2) is 0 Å². The van der Waals surface area contributed by atoms with Gasteiger partial charge in [-0.15, -0.1) is 10.2 Å². The Labute approximate surface area is 172 Å². The lowest BCUT2D eigenvalue weighted by molar-refractivity contribution is -0.144. The Hall–Kier alpha value is -1.58. The van der Waals surface area contributed by atoms with E-state index in [4.69, 9.17) is 4.74 Å². The first kappa shape index (κ1) is 20.7. The van der Waals surface area contributed by atoms with Gasteiger partial charge >= 0.3 is 0 Å². The molecule has 162 valence electrons. The summed E-state index contributed by atoms with van der Waals surface area (Å²) in [5.74, 6) is 1.44. The first-order valence-corrected chi connectivity index (χ1v) is 11.3. The van der Waals surface area contributed by atoms with Crippen LogP contribution >= 0.6 is 0 Å². The SMILES string of the molecule is CCN1CC[C@@H]2C[C@@H](N3CCOCC3)CC[C@@]2(C(=O)NCCCc2nn[nH]n2)C1. The number of likely N-dealkylation sites (tertiary alicyclic amines) is 1. The van der Waals surface area contributed by atoms with Crippen molar-refractivity contribution >= 4 is 5.91 Å². The largest absolute Gasteiger partial charge is 0.379 e. The zero-order chi connectivity index (χ0) is 20.1. The number of hydrogen-bond acceptors (Lipinski definition) is 7. The number of carbonyl (C=O) groups excluding carboxylic acids is 1. The standard InChI is InChI=1S/C20H35N7O2/c1-2-26-9-6-16-14-17(27-10-12-29-13-11-27)5-7-20(16,15-26)19(28)21-8-3-4-18-22-24-25-23-18/h16-17H,2-15H2,1H3,(H,21,28)(H,22,23,24,25)/t16-,17+,20-/m1/s1. The maximum Gasteiger partial charge on any atom is 0.227 e. The van der Waals surface area contributed by atoms with Crippen molar-refractivity contribution in [2.24, 2.45) is 11.3 Å². The number of tetrazole rings is 1. The Morgan fingerprint density at radius 3 is 2.93 bits per heavy atom. The molecule has 1 aromatic rings. The Kier molecular flexibility index (Phi) is 6.77. The van der Waals surface area contributed by atoms with Gasteiger partial charge in [0.1, 0.15) is 0 Å². The van der Waals surface area contributed by atoms with Crippen molar-refractivity contribution in [2.75, 3.05) is 52.5 Å². The number of fused-ring (bicyclic) bond motifs is 1. The topological polar surface area (TPSA) is 99.3 Å². The minimum atomic E-state index is -0.233. The van der Waals surface area contributed by atoms with Crippen LogP contribution in [-0.4, -0.2) is 94.9 Å². The number of piperidine rings is 1. The molecule has 0 aromatic carbocycles. The van der Waals surface area contributed by atoms with Crippen LogP contribution in [0.1, 0.15) is 44.9 Å². The molecule has 1 aromatic heterocycles. The normalized spacial score (nSPS) is 31.3. The molecule has 3 heterocycles. The fourth-order valence-corrected chi connectivity index (χ4v) is 5.55. The van der Waals surface area contributed by atoms with Crippen LogP contribution in [-0.2, 0) is 16.0 Å². The number of carbonyl (C=O) groups is 1. The summed E-state index contributed by atoms with van der Waals surface area (Å²) in [5.41, 5.74) is -0.233. The molecule has 2 saturated heterocycles. The number of morpholine rings is 1. The highest BCUT2D eigenvalue weighted by Gasteiger charge is 2.52. The molecule has 2 aliphatic heterocycles. The summed E-state index contributed by atoms with van der Waals surface area (Å²) in [6.45, 7) is 9.67. The summed E-state index contributed by atoms with van der Waals surface area (Å²) in [6, 6.07) is 0.608. The number of ether oxygens (including phenoxy) is 1. The Balaban J connectivity index is 1.37. The number of H-pyrrole nitrogens is 1. The minimum Gasteiger partial charge on any atom is -0.379 e. The molecule has 1 saturated carbocycles. The predicted octanol–water partition coefficient (Wildman–Crippen LogP) is 0.461. The van der Waals surface area contributed by atoms with E-state index in [0.717, 1.165) is 84.5 Å². The molecule has 1 amide bonds. The first-order chi connectivity index (χ1) is 14.2. The first-order valence-electron chi connectivity index (χ1n) is 11.3. The van der Waals surface area contributed by atoms with E-state index in [-0.39, 0.29) is 11.3 Å². The van der Waals surface area contributed by atoms with Gasteiger partial charge in [0.15, 0.2) is 5.82 Å². The third-order valence-electron chi connectivity index (χ3n) is 7.27. The fraction of sp³-hybridized carbons (Fsp3) is 0.900. The monoisotopic (exact) mass is 405 g/mol. The van der Waals surface area contributed by atoms with Crippen molar-refractivity contribution in [1.82, 2.24) is 35.7 Å². The average molecular weight is 406 g/mol. The maximum absolute atomic E-state index is 13.4. The van der Waals surface area contributed by atoms with Gasteiger partial charge in [-0.3, -0.25) is 9.69 Å². The predicted molar refractivity (Wildman–Crippen MR) is 108 cm³/mol. The lowest BCUT2D eigenvalue weighted by Gasteiger charge is -2.53. The number of aromatic amines is 1. The van der Waals surface area contributed by atoms with Gasteiger partial charge in [-0.1, -0.05) is 12.1 Å². The fourth-order valence-electron chi connectivity index (χ4n) is 5.55. The maximum atomic E-state index is 13.4. The van der Waals surface area contributed by atoms with Gasteiger partial charge in [0, 0.05) is 38.6 Å². The second-order valence-electron chi connectivity index (χ2n) is 8.77. The number of nitrogens with one attached hydrogen (secondary N) is 2. The van der Waals surface area contributed by atoms with Crippen LogP contribution in [0.15, 0.2) is 0 Å². The van der Waals surface area contributed by atoms with Crippen molar-refractivity contribution < 1.29 is 9.53 Å². The summed E-state index contributed by atoms with van der Waals surface area (Å²) >= 11 is 0. The van der Waals surface area contributed by atoms with Gasteiger partial charge in [0.25, 0.3) is 0 Å². The molecule has 3 aliphatic rings. The molecule has 1 aliphatic carbocycles. The molecule has 0 radical (unpaired) electrons. The van der Waals surface area contributed by atoms with E-state index in [0.29, 0.717) is 24.3 Å². The summed E-state index contributed by atoms with van der Waals surface area (Å²) in [6.07, 6.45) is 5.95. The van der Waals surface area contributed by atoms with Gasteiger partial charge in [0.2, 0.25) is 5.91 Å². The highest BCUT2D eigenvalue weighted by Crippen LogP contribution is 2.47. The second kappa shape index (κ2) is 9.49. The third-order valence-corrected chi connectivity index (χ3v) is 7.27. The lowest BCUT2D eigenvalue weighted by Crippen LogP contribution is -2.60. The summed E-state index contributed by atoms with van der Waals surface area (Å²) in [4.78, 5) is 18.5. The molecule has 0 spiro atoms. The summed E-state index contributed by atoms with van der Waals surface area (Å²) in [5, 5.41) is 17.3. The number of aryl methyl sites for hydroxylation is 1. The van der Waals surface area contributed by atoms with Crippen molar-refractivity contribution in [3.05, 3.63) is 5.82 Å². The number of rotatable bonds is 7. The number of aromatic nitrogens is 4. The molecule has 9 nitrogen and oxygen atoms in total. The zero-order valence-electron chi connectivity index (χ0n) is 17.6. The average Bonchev–Trinajstić information content (AvgIpc) is 3.30. The Bertz CT molecular complexity index is 649. The van der Waals surface area contributed by atoms with E-state index in [1.54, 1.807) is 0 Å².